The fraction of sp³-hybridized carbons (Fsp3) is 0.481. The summed E-state index contributed by atoms with van der Waals surface area (Å²) in [6, 6.07) is 17.5. The zero-order valence-electron chi connectivity index (χ0n) is 17.5. The van der Waals surface area contributed by atoms with Gasteiger partial charge >= 0.3 is 0 Å². The third kappa shape index (κ3) is 6.16. The van der Waals surface area contributed by atoms with Crippen LogP contribution in [0.2, 0.25) is 0 Å². The number of hydrogen-bond acceptors (Lipinski definition) is 1. The smallest absolute Gasteiger partial charge is 0.118 e. The molecule has 0 amide bonds. The number of rotatable bonds is 7. The van der Waals surface area contributed by atoms with Crippen LogP contribution in [-0.4, -0.2) is 7.11 Å². The molecule has 0 radical (unpaired) electrons. The lowest BCUT2D eigenvalue weighted by Crippen LogP contribution is -2.12. The van der Waals surface area contributed by atoms with E-state index in [-0.39, 0.29) is 0 Å². The predicted molar refractivity (Wildman–Crippen MR) is 119 cm³/mol. The van der Waals surface area contributed by atoms with Crippen LogP contribution >= 0.6 is 0 Å². The summed E-state index contributed by atoms with van der Waals surface area (Å²) in [5, 5.41) is 0. The zero-order chi connectivity index (χ0) is 19.6. The molecule has 1 aliphatic rings. The lowest BCUT2D eigenvalue weighted by molar-refractivity contribution is 0.384. The highest BCUT2D eigenvalue weighted by Gasteiger charge is 2.21. The average Bonchev–Trinajstić information content (AvgIpc) is 2.76. The van der Waals surface area contributed by atoms with Gasteiger partial charge in [0.05, 0.1) is 7.11 Å². The highest BCUT2D eigenvalue weighted by atomic mass is 16.5. The summed E-state index contributed by atoms with van der Waals surface area (Å²) in [6.45, 7) is 2.27. The molecule has 1 nitrogen and oxygen atoms in total. The Morgan fingerprint density at radius 2 is 1.57 bits per heavy atom. The van der Waals surface area contributed by atoms with Gasteiger partial charge in [-0.25, -0.2) is 0 Å². The molecule has 1 saturated carbocycles. The Morgan fingerprint density at radius 3 is 2.21 bits per heavy atom. The molecule has 28 heavy (non-hydrogen) atoms. The molecule has 0 unspecified atom stereocenters. The van der Waals surface area contributed by atoms with Crippen LogP contribution in [-0.2, 0) is 6.42 Å². The third-order valence-electron chi connectivity index (χ3n) is 6.01. The fourth-order valence-corrected chi connectivity index (χ4v) is 4.14. The van der Waals surface area contributed by atoms with Gasteiger partial charge in [0, 0.05) is 11.5 Å². The number of ether oxygens (including phenoxy) is 1. The van der Waals surface area contributed by atoms with E-state index in [4.69, 9.17) is 4.74 Å². The van der Waals surface area contributed by atoms with Crippen molar-refractivity contribution < 1.29 is 4.74 Å². The van der Waals surface area contributed by atoms with Crippen molar-refractivity contribution in [2.75, 3.05) is 7.11 Å². The monoisotopic (exact) mass is 374 g/mol. The highest BCUT2D eigenvalue weighted by Crippen LogP contribution is 2.35. The van der Waals surface area contributed by atoms with E-state index in [9.17, 15) is 0 Å². The van der Waals surface area contributed by atoms with Crippen molar-refractivity contribution in [3.63, 3.8) is 0 Å². The Morgan fingerprint density at radius 1 is 0.857 bits per heavy atom. The summed E-state index contributed by atoms with van der Waals surface area (Å²) in [5.74, 6) is 8.99. The van der Waals surface area contributed by atoms with Gasteiger partial charge in [-0.15, -0.1) is 0 Å². The minimum atomic E-state index is 0.538. The minimum Gasteiger partial charge on any atom is -0.497 e. The third-order valence-corrected chi connectivity index (χ3v) is 6.01. The molecule has 148 valence electrons. The fourth-order valence-electron chi connectivity index (χ4n) is 4.14. The quantitative estimate of drug-likeness (QED) is 0.369. The van der Waals surface area contributed by atoms with Crippen molar-refractivity contribution in [3.05, 3.63) is 65.2 Å². The molecule has 0 saturated heterocycles. The molecule has 3 rings (SSSR count). The first-order valence-corrected chi connectivity index (χ1v) is 11.0. The van der Waals surface area contributed by atoms with Gasteiger partial charge in [-0.2, -0.15) is 0 Å². The first-order chi connectivity index (χ1) is 13.8. The summed E-state index contributed by atoms with van der Waals surface area (Å²) in [6.07, 6.45) is 11.5. The molecule has 0 atom stereocenters. The summed E-state index contributed by atoms with van der Waals surface area (Å²) < 4.78 is 5.21. The first-order valence-electron chi connectivity index (χ1n) is 11.0. The van der Waals surface area contributed by atoms with Gasteiger partial charge in [-0.3, -0.25) is 0 Å². The molecule has 1 aliphatic carbocycles. The molecule has 1 fully saturated rings. The molecule has 2 aromatic rings. The molecule has 2 aromatic carbocycles. The first kappa shape index (κ1) is 20.5. The summed E-state index contributed by atoms with van der Waals surface area (Å²) >= 11 is 0. The van der Waals surface area contributed by atoms with Gasteiger partial charge in [-0.05, 0) is 79.8 Å². The van der Waals surface area contributed by atoms with E-state index < -0.39 is 0 Å². The molecule has 0 N–H and O–H groups in total. The number of unbranched alkanes of at least 4 members (excludes halogenated alkanes) is 3. The highest BCUT2D eigenvalue weighted by molar-refractivity contribution is 5.38. The number of benzene rings is 2. The van der Waals surface area contributed by atoms with Crippen molar-refractivity contribution in [2.24, 2.45) is 5.92 Å². The normalized spacial score (nSPS) is 18.9. The minimum absolute atomic E-state index is 0.538. The molecule has 1 heteroatoms. The van der Waals surface area contributed by atoms with E-state index in [1.54, 1.807) is 7.11 Å². The van der Waals surface area contributed by atoms with E-state index in [1.165, 1.54) is 68.9 Å². The van der Waals surface area contributed by atoms with Crippen molar-refractivity contribution in [3.8, 4) is 17.6 Å². The van der Waals surface area contributed by atoms with Crippen molar-refractivity contribution in [1.29, 1.82) is 0 Å². The second-order valence-corrected chi connectivity index (χ2v) is 8.10. The van der Waals surface area contributed by atoms with Gasteiger partial charge in [0.1, 0.15) is 5.75 Å². The van der Waals surface area contributed by atoms with Crippen molar-refractivity contribution in [1.82, 2.24) is 0 Å². The second kappa shape index (κ2) is 11.0. The molecule has 0 bridgehead atoms. The van der Waals surface area contributed by atoms with Gasteiger partial charge in [-0.1, -0.05) is 62.3 Å². The molecule has 0 spiro atoms. The topological polar surface area (TPSA) is 9.23 Å². The van der Waals surface area contributed by atoms with E-state index in [2.05, 4.69) is 43.0 Å². The van der Waals surface area contributed by atoms with Crippen LogP contribution in [0.5, 0.6) is 5.75 Å². The Bertz CT molecular complexity index is 753. The van der Waals surface area contributed by atoms with E-state index >= 15 is 0 Å². The van der Waals surface area contributed by atoms with Crippen LogP contribution in [0.1, 0.15) is 80.9 Å². The van der Waals surface area contributed by atoms with E-state index in [0.717, 1.165) is 11.3 Å². The molecular weight excluding hydrogens is 340 g/mol. The van der Waals surface area contributed by atoms with E-state index in [0.29, 0.717) is 11.8 Å². The Labute approximate surface area is 171 Å². The van der Waals surface area contributed by atoms with Crippen LogP contribution in [0.4, 0.5) is 0 Å². The van der Waals surface area contributed by atoms with E-state index in [1.807, 2.05) is 24.3 Å². The maximum Gasteiger partial charge on any atom is 0.118 e. The summed E-state index contributed by atoms with van der Waals surface area (Å²) in [4.78, 5) is 0. The van der Waals surface area contributed by atoms with Crippen LogP contribution in [0.15, 0.2) is 48.5 Å². The second-order valence-electron chi connectivity index (χ2n) is 8.10. The number of methoxy groups -OCH3 is 1. The lowest BCUT2D eigenvalue weighted by Gasteiger charge is -2.26. The van der Waals surface area contributed by atoms with Crippen LogP contribution in [0.25, 0.3) is 0 Å². The van der Waals surface area contributed by atoms with Gasteiger partial charge in [0.25, 0.3) is 0 Å². The van der Waals surface area contributed by atoms with Crippen LogP contribution < -0.4 is 4.74 Å². The molecule has 0 heterocycles. The maximum absolute atomic E-state index is 5.21. The van der Waals surface area contributed by atoms with Crippen LogP contribution in [0.3, 0.4) is 0 Å². The zero-order valence-corrected chi connectivity index (χ0v) is 17.5. The van der Waals surface area contributed by atoms with Gasteiger partial charge in [0.15, 0.2) is 0 Å². The van der Waals surface area contributed by atoms with Crippen LogP contribution in [0, 0.1) is 17.8 Å². The molecule has 0 aliphatic heterocycles. The summed E-state index contributed by atoms with van der Waals surface area (Å²) in [5.41, 5.74) is 4.11. The standard InChI is InChI=1S/C27H34O/c1-3-4-5-6-7-22-10-16-25(17-11-22)26-18-12-23(13-19-26)8-9-24-14-20-27(28-2)21-15-24/h10-11,14-17,20-21,23,26H,3-7,12-13,18-19H2,1-2H3/t23-,26-. The molecule has 0 aromatic heterocycles. The molecular formula is C27H34O. The number of aryl methyl sites for hydroxylation is 1. The average molecular weight is 375 g/mol. The van der Waals surface area contributed by atoms with Crippen molar-refractivity contribution in [2.45, 2.75) is 70.6 Å². The Hall–Kier alpha value is -2.20. The van der Waals surface area contributed by atoms with Gasteiger partial charge in [0.2, 0.25) is 0 Å². The largest absolute Gasteiger partial charge is 0.497 e. The van der Waals surface area contributed by atoms with Gasteiger partial charge < -0.3 is 4.74 Å². The van der Waals surface area contributed by atoms with Crippen molar-refractivity contribution >= 4 is 0 Å². The maximum atomic E-state index is 5.21. The lowest BCUT2D eigenvalue weighted by atomic mass is 9.78. The SMILES string of the molecule is CCCCCCc1ccc([C@H]2CC[C@H](C#Cc3ccc(OC)cc3)CC2)cc1. The Balaban J connectivity index is 1.46. The number of hydrogen-bond donors (Lipinski definition) is 0. The predicted octanol–water partition coefficient (Wildman–Crippen LogP) is 7.14. The Kier molecular flexibility index (Phi) is 8.04. The summed E-state index contributed by atoms with van der Waals surface area (Å²) in [7, 11) is 1.69.